The predicted octanol–water partition coefficient (Wildman–Crippen LogP) is 8.17. The van der Waals surface area contributed by atoms with Crippen molar-refractivity contribution in [3.05, 3.63) is 93.8 Å². The first-order chi connectivity index (χ1) is 14.4. The minimum Gasteiger partial charge on any atom is -0.206 e. The Hall–Kier alpha value is -2.55. The van der Waals surface area contributed by atoms with Crippen molar-refractivity contribution < 1.29 is 13.2 Å². The van der Waals surface area contributed by atoms with Crippen LogP contribution in [0.3, 0.4) is 0 Å². The molecule has 0 saturated heterocycles. The van der Waals surface area contributed by atoms with Gasteiger partial charge >= 0.3 is 0 Å². The zero-order valence-electron chi connectivity index (χ0n) is 17.9. The number of aryl methyl sites for hydroxylation is 4. The van der Waals surface area contributed by atoms with Gasteiger partial charge in [-0.25, -0.2) is 13.2 Å². The molecule has 0 bridgehead atoms. The van der Waals surface area contributed by atoms with Crippen LogP contribution in [-0.4, -0.2) is 0 Å². The standard InChI is InChI=1S/C27H29F3/c1-4-5-6-20-11-14-22(15-12-20)24-17-19(3)23(25(26(24)28)27(29)30)16-13-21-9-7-18(2)8-10-21/h7-12,14-15,17,27H,4-6,13,16H2,1-3H3. The first kappa shape index (κ1) is 22.1. The maximum atomic E-state index is 15.3. The number of unbranched alkanes of at least 4 members (excludes halogenated alkanes) is 1. The van der Waals surface area contributed by atoms with Gasteiger partial charge in [0.1, 0.15) is 5.82 Å². The average Bonchev–Trinajstić information content (AvgIpc) is 2.73. The van der Waals surface area contributed by atoms with E-state index in [9.17, 15) is 8.78 Å². The van der Waals surface area contributed by atoms with Crippen molar-refractivity contribution in [2.45, 2.75) is 59.3 Å². The molecule has 0 aliphatic rings. The van der Waals surface area contributed by atoms with Crippen LogP contribution < -0.4 is 0 Å². The van der Waals surface area contributed by atoms with Gasteiger partial charge in [0.2, 0.25) is 0 Å². The van der Waals surface area contributed by atoms with E-state index in [-0.39, 0.29) is 5.56 Å². The molecule has 3 rings (SSSR count). The van der Waals surface area contributed by atoms with Crippen molar-refractivity contribution in [3.8, 4) is 11.1 Å². The van der Waals surface area contributed by atoms with Gasteiger partial charge in [0.15, 0.2) is 0 Å². The second-order valence-corrected chi connectivity index (χ2v) is 8.03. The number of alkyl halides is 2. The zero-order chi connectivity index (χ0) is 21.7. The lowest BCUT2D eigenvalue weighted by molar-refractivity contribution is 0.145. The molecule has 0 spiro atoms. The molecule has 0 aromatic heterocycles. The highest BCUT2D eigenvalue weighted by molar-refractivity contribution is 5.68. The van der Waals surface area contributed by atoms with E-state index in [1.807, 2.05) is 55.5 Å². The van der Waals surface area contributed by atoms with Gasteiger partial charge in [0, 0.05) is 5.56 Å². The summed E-state index contributed by atoms with van der Waals surface area (Å²) in [5, 5.41) is 0. The molecule has 0 saturated carbocycles. The molecular formula is C27H29F3. The van der Waals surface area contributed by atoms with Crippen molar-refractivity contribution in [3.63, 3.8) is 0 Å². The van der Waals surface area contributed by atoms with E-state index in [1.165, 1.54) is 5.56 Å². The number of hydrogen-bond donors (Lipinski definition) is 0. The molecule has 0 aliphatic carbocycles. The van der Waals surface area contributed by atoms with Crippen molar-refractivity contribution in [2.24, 2.45) is 0 Å². The van der Waals surface area contributed by atoms with Gasteiger partial charge in [0.25, 0.3) is 6.43 Å². The molecule has 0 radical (unpaired) electrons. The van der Waals surface area contributed by atoms with Gasteiger partial charge in [-0.3, -0.25) is 0 Å². The van der Waals surface area contributed by atoms with Gasteiger partial charge in [-0.05, 0) is 73.4 Å². The zero-order valence-corrected chi connectivity index (χ0v) is 17.9. The highest BCUT2D eigenvalue weighted by atomic mass is 19.3. The Morgan fingerprint density at radius 3 is 2.00 bits per heavy atom. The number of halogens is 3. The minimum atomic E-state index is -2.85. The number of benzene rings is 3. The van der Waals surface area contributed by atoms with Crippen molar-refractivity contribution in [2.75, 3.05) is 0 Å². The van der Waals surface area contributed by atoms with Crippen molar-refractivity contribution >= 4 is 0 Å². The largest absolute Gasteiger partial charge is 0.266 e. The fourth-order valence-electron chi connectivity index (χ4n) is 3.88. The SMILES string of the molecule is CCCCc1ccc(-c2cc(C)c(CCc3ccc(C)cc3)c(C(F)F)c2F)cc1. The monoisotopic (exact) mass is 410 g/mol. The summed E-state index contributed by atoms with van der Waals surface area (Å²) < 4.78 is 43.1. The van der Waals surface area contributed by atoms with Crippen molar-refractivity contribution in [1.82, 2.24) is 0 Å². The van der Waals surface area contributed by atoms with E-state index in [4.69, 9.17) is 0 Å². The molecule has 3 aromatic carbocycles. The van der Waals surface area contributed by atoms with Gasteiger partial charge in [-0.2, -0.15) is 0 Å². The average molecular weight is 411 g/mol. The molecule has 0 amide bonds. The number of rotatable bonds is 8. The predicted molar refractivity (Wildman–Crippen MR) is 119 cm³/mol. The number of hydrogen-bond acceptors (Lipinski definition) is 0. The normalized spacial score (nSPS) is 11.3. The van der Waals surface area contributed by atoms with Crippen LogP contribution in [0.5, 0.6) is 0 Å². The summed E-state index contributed by atoms with van der Waals surface area (Å²) >= 11 is 0. The lowest BCUT2D eigenvalue weighted by Crippen LogP contribution is -2.06. The van der Waals surface area contributed by atoms with Crippen LogP contribution in [0.4, 0.5) is 13.2 Å². The summed E-state index contributed by atoms with van der Waals surface area (Å²) in [5.74, 6) is -0.796. The fraction of sp³-hybridized carbons (Fsp3) is 0.333. The smallest absolute Gasteiger partial charge is 0.206 e. The third-order valence-electron chi connectivity index (χ3n) is 5.72. The summed E-state index contributed by atoms with van der Waals surface area (Å²) in [4.78, 5) is 0. The molecule has 0 atom stereocenters. The summed E-state index contributed by atoms with van der Waals surface area (Å²) in [6, 6.07) is 17.3. The molecule has 3 aromatic rings. The van der Waals surface area contributed by atoms with Gasteiger partial charge < -0.3 is 0 Å². The van der Waals surface area contributed by atoms with Gasteiger partial charge in [0.05, 0.1) is 5.56 Å². The van der Waals surface area contributed by atoms with E-state index >= 15 is 4.39 Å². The Morgan fingerprint density at radius 1 is 0.800 bits per heavy atom. The lowest BCUT2D eigenvalue weighted by atomic mass is 9.90. The van der Waals surface area contributed by atoms with Crippen LogP contribution in [0.2, 0.25) is 0 Å². The van der Waals surface area contributed by atoms with E-state index in [0.717, 1.165) is 30.4 Å². The molecule has 0 N–H and O–H groups in total. The van der Waals surface area contributed by atoms with Crippen LogP contribution in [0.25, 0.3) is 11.1 Å². The maximum Gasteiger partial charge on any atom is 0.266 e. The Kier molecular flexibility index (Phi) is 7.36. The molecular weight excluding hydrogens is 381 g/mol. The summed E-state index contributed by atoms with van der Waals surface area (Å²) in [7, 11) is 0. The van der Waals surface area contributed by atoms with E-state index in [2.05, 4.69) is 6.92 Å². The first-order valence-corrected chi connectivity index (χ1v) is 10.7. The summed E-state index contributed by atoms with van der Waals surface area (Å²) in [6.45, 7) is 5.95. The Balaban J connectivity index is 1.92. The molecule has 158 valence electrons. The minimum absolute atomic E-state index is 0.254. The molecule has 30 heavy (non-hydrogen) atoms. The molecule has 0 fully saturated rings. The highest BCUT2D eigenvalue weighted by Crippen LogP contribution is 2.36. The van der Waals surface area contributed by atoms with Crippen molar-refractivity contribution in [1.29, 1.82) is 0 Å². The Bertz CT molecular complexity index is 970. The third kappa shape index (κ3) is 5.13. The topological polar surface area (TPSA) is 0 Å². The fourth-order valence-corrected chi connectivity index (χ4v) is 3.88. The molecule has 3 heteroatoms. The molecule has 0 unspecified atom stereocenters. The Morgan fingerprint density at radius 2 is 1.40 bits per heavy atom. The molecule has 0 heterocycles. The molecule has 0 aliphatic heterocycles. The van der Waals surface area contributed by atoms with E-state index in [1.54, 1.807) is 13.0 Å². The summed E-state index contributed by atoms with van der Waals surface area (Å²) in [6.07, 6.45) is 1.32. The second-order valence-electron chi connectivity index (χ2n) is 8.03. The Labute approximate surface area is 177 Å². The van der Waals surface area contributed by atoms with Crippen LogP contribution in [0.1, 0.15) is 59.6 Å². The lowest BCUT2D eigenvalue weighted by Gasteiger charge is -2.17. The van der Waals surface area contributed by atoms with Crippen LogP contribution in [-0.2, 0) is 19.3 Å². The maximum absolute atomic E-state index is 15.3. The third-order valence-corrected chi connectivity index (χ3v) is 5.72. The highest BCUT2D eigenvalue weighted by Gasteiger charge is 2.24. The van der Waals surface area contributed by atoms with Crippen LogP contribution in [0, 0.1) is 19.7 Å². The second kappa shape index (κ2) is 9.97. The summed E-state index contributed by atoms with van der Waals surface area (Å²) in [5.41, 5.74) is 4.97. The first-order valence-electron chi connectivity index (χ1n) is 10.7. The molecule has 0 nitrogen and oxygen atoms in total. The quantitative estimate of drug-likeness (QED) is 0.351. The van der Waals surface area contributed by atoms with Gasteiger partial charge in [-0.15, -0.1) is 0 Å². The van der Waals surface area contributed by atoms with E-state index < -0.39 is 17.8 Å². The van der Waals surface area contributed by atoms with Crippen LogP contribution >= 0.6 is 0 Å². The van der Waals surface area contributed by atoms with Gasteiger partial charge in [-0.1, -0.05) is 67.4 Å². The van der Waals surface area contributed by atoms with Crippen LogP contribution in [0.15, 0.2) is 54.6 Å². The van der Waals surface area contributed by atoms with E-state index in [0.29, 0.717) is 29.5 Å².